The average Bonchev–Trinajstić information content (AvgIpc) is 3.00. The second-order valence-electron chi connectivity index (χ2n) is 6.83. The number of benzene rings is 2. The number of ether oxygens (including phenoxy) is 1. The van der Waals surface area contributed by atoms with Crippen LogP contribution in [0.2, 0.25) is 0 Å². The number of hydrogen-bond donors (Lipinski definition) is 2. The van der Waals surface area contributed by atoms with Gasteiger partial charge >= 0.3 is 5.97 Å². The topological polar surface area (TPSA) is 125 Å². The van der Waals surface area contributed by atoms with Crippen LogP contribution in [0.4, 0.5) is 0 Å². The molecule has 8 nitrogen and oxygen atoms in total. The number of unbranched alkanes of at least 4 members (excludes halogenated alkanes) is 1. The summed E-state index contributed by atoms with van der Waals surface area (Å²) in [5.41, 5.74) is 2.08. The summed E-state index contributed by atoms with van der Waals surface area (Å²) in [5.74, 6) is -0.325. The summed E-state index contributed by atoms with van der Waals surface area (Å²) in [6.07, 6.45) is 1.83. The molecule has 0 aliphatic carbocycles. The van der Waals surface area contributed by atoms with Crippen molar-refractivity contribution in [2.75, 3.05) is 0 Å². The largest absolute Gasteiger partial charge is 0.507 e. The zero-order chi connectivity index (χ0) is 21.2. The molecule has 1 aromatic heterocycles. The van der Waals surface area contributed by atoms with Crippen molar-refractivity contribution in [3.63, 3.8) is 0 Å². The first kappa shape index (κ1) is 20.8. The Labute approximate surface area is 169 Å². The Balaban J connectivity index is 1.91. The molecule has 9 heteroatoms. The molecule has 0 unspecified atom stereocenters. The summed E-state index contributed by atoms with van der Waals surface area (Å²) >= 11 is 0. The second kappa shape index (κ2) is 8.22. The number of nitrogens with two attached hydrogens (primary N) is 1. The van der Waals surface area contributed by atoms with Crippen molar-refractivity contribution in [2.24, 2.45) is 5.14 Å². The van der Waals surface area contributed by atoms with Crippen LogP contribution < -0.4 is 5.14 Å². The highest BCUT2D eigenvalue weighted by Gasteiger charge is 2.18. The van der Waals surface area contributed by atoms with Crippen LogP contribution in [0, 0.1) is 6.92 Å². The van der Waals surface area contributed by atoms with E-state index in [1.54, 1.807) is 19.1 Å². The highest BCUT2D eigenvalue weighted by atomic mass is 32.2. The van der Waals surface area contributed by atoms with Gasteiger partial charge < -0.3 is 14.4 Å². The molecule has 0 atom stereocenters. The first-order valence-corrected chi connectivity index (χ1v) is 10.7. The molecule has 3 N–H and O–H groups in total. The fourth-order valence-corrected chi connectivity index (χ4v) is 3.57. The zero-order valence-corrected chi connectivity index (χ0v) is 17.1. The van der Waals surface area contributed by atoms with Crippen LogP contribution in [0.25, 0.3) is 11.0 Å². The van der Waals surface area contributed by atoms with Crippen molar-refractivity contribution in [1.29, 1.82) is 0 Å². The first-order valence-electron chi connectivity index (χ1n) is 9.19. The number of aromatic nitrogens is 2. The van der Waals surface area contributed by atoms with Crippen LogP contribution in [-0.2, 0) is 27.9 Å². The highest BCUT2D eigenvalue weighted by molar-refractivity contribution is 7.89. The average molecular weight is 417 g/mol. The number of phenolic OH excluding ortho intramolecular Hbond substituents is 1. The third-order valence-corrected chi connectivity index (χ3v) is 5.48. The Morgan fingerprint density at radius 3 is 2.66 bits per heavy atom. The lowest BCUT2D eigenvalue weighted by atomic mass is 10.1. The molecule has 0 amide bonds. The summed E-state index contributed by atoms with van der Waals surface area (Å²) in [6, 6.07) is 9.19. The highest BCUT2D eigenvalue weighted by Crippen LogP contribution is 2.23. The number of nitrogens with zero attached hydrogens (tertiary/aromatic N) is 2. The molecule has 0 spiro atoms. The molecule has 3 rings (SSSR count). The number of aryl methyl sites for hydroxylation is 2. The quantitative estimate of drug-likeness (QED) is 0.570. The predicted molar refractivity (Wildman–Crippen MR) is 108 cm³/mol. The van der Waals surface area contributed by atoms with Crippen LogP contribution in [0.5, 0.6) is 5.75 Å². The van der Waals surface area contributed by atoms with E-state index in [-0.39, 0.29) is 22.8 Å². The molecule has 0 aliphatic heterocycles. The molecule has 0 bridgehead atoms. The van der Waals surface area contributed by atoms with E-state index in [1.807, 2.05) is 4.57 Å². The van der Waals surface area contributed by atoms with E-state index >= 15 is 0 Å². The lowest BCUT2D eigenvalue weighted by Crippen LogP contribution is -2.12. The van der Waals surface area contributed by atoms with Gasteiger partial charge in [-0.05, 0) is 49.2 Å². The Hall–Kier alpha value is -2.91. The van der Waals surface area contributed by atoms with Gasteiger partial charge in [-0.2, -0.15) is 0 Å². The minimum Gasteiger partial charge on any atom is -0.507 e. The summed E-state index contributed by atoms with van der Waals surface area (Å²) in [7, 11) is -3.85. The lowest BCUT2D eigenvalue weighted by Gasteiger charge is -2.10. The minimum absolute atomic E-state index is 0.0294. The van der Waals surface area contributed by atoms with E-state index in [2.05, 4.69) is 11.9 Å². The van der Waals surface area contributed by atoms with Crippen LogP contribution in [0.15, 0.2) is 41.3 Å². The maximum Gasteiger partial charge on any atom is 0.342 e. The monoisotopic (exact) mass is 417 g/mol. The zero-order valence-electron chi connectivity index (χ0n) is 16.3. The standard InChI is InChI=1S/C20H23N3O5S/c1-3-4-9-23-17-8-6-14(29(21,26)27)11-16(17)22-19(23)12-28-20(25)15-7-5-13(2)10-18(15)24/h5-8,10-11,24H,3-4,9,12H2,1-2H3,(H2,21,26,27). The molecule has 3 aromatic rings. The number of sulfonamides is 1. The Kier molecular flexibility index (Phi) is 5.90. The van der Waals surface area contributed by atoms with Crippen molar-refractivity contribution in [2.45, 2.75) is 44.7 Å². The summed E-state index contributed by atoms with van der Waals surface area (Å²) in [6.45, 7) is 4.39. The molecule has 2 aromatic carbocycles. The molecule has 1 heterocycles. The van der Waals surface area contributed by atoms with Gasteiger partial charge in [-0.15, -0.1) is 0 Å². The third-order valence-electron chi connectivity index (χ3n) is 4.57. The molecular formula is C20H23N3O5S. The van der Waals surface area contributed by atoms with Gasteiger partial charge in [0.15, 0.2) is 0 Å². The van der Waals surface area contributed by atoms with E-state index in [0.29, 0.717) is 17.9 Å². The number of esters is 1. The molecule has 154 valence electrons. The van der Waals surface area contributed by atoms with Crippen molar-refractivity contribution in [1.82, 2.24) is 9.55 Å². The first-order chi connectivity index (χ1) is 13.7. The van der Waals surface area contributed by atoms with Gasteiger partial charge in [-0.3, -0.25) is 0 Å². The molecular weight excluding hydrogens is 394 g/mol. The van der Waals surface area contributed by atoms with Crippen molar-refractivity contribution < 1.29 is 23.1 Å². The van der Waals surface area contributed by atoms with E-state index in [1.165, 1.54) is 24.3 Å². The van der Waals surface area contributed by atoms with Gasteiger partial charge in [-0.1, -0.05) is 19.4 Å². The van der Waals surface area contributed by atoms with E-state index in [0.717, 1.165) is 23.9 Å². The third kappa shape index (κ3) is 4.57. The van der Waals surface area contributed by atoms with Gasteiger partial charge in [0.25, 0.3) is 0 Å². The van der Waals surface area contributed by atoms with Crippen LogP contribution >= 0.6 is 0 Å². The Morgan fingerprint density at radius 2 is 2.00 bits per heavy atom. The fraction of sp³-hybridized carbons (Fsp3) is 0.300. The smallest absolute Gasteiger partial charge is 0.342 e. The van der Waals surface area contributed by atoms with E-state index < -0.39 is 16.0 Å². The molecule has 0 radical (unpaired) electrons. The minimum atomic E-state index is -3.85. The van der Waals surface area contributed by atoms with Gasteiger partial charge in [0.1, 0.15) is 23.7 Å². The van der Waals surface area contributed by atoms with E-state index in [9.17, 15) is 18.3 Å². The van der Waals surface area contributed by atoms with Crippen LogP contribution in [0.3, 0.4) is 0 Å². The Morgan fingerprint density at radius 1 is 1.24 bits per heavy atom. The van der Waals surface area contributed by atoms with Gasteiger partial charge in [0, 0.05) is 6.54 Å². The lowest BCUT2D eigenvalue weighted by molar-refractivity contribution is 0.0455. The number of phenols is 1. The normalized spacial score (nSPS) is 11.7. The molecule has 0 saturated heterocycles. The number of imidazole rings is 1. The number of rotatable bonds is 7. The van der Waals surface area contributed by atoms with Gasteiger partial charge in [0.05, 0.1) is 15.9 Å². The summed E-state index contributed by atoms with van der Waals surface area (Å²) < 4.78 is 30.5. The number of primary sulfonamides is 1. The molecule has 0 saturated carbocycles. The predicted octanol–water partition coefficient (Wildman–Crippen LogP) is 2.85. The maximum absolute atomic E-state index is 12.4. The molecule has 0 aliphatic rings. The van der Waals surface area contributed by atoms with Crippen molar-refractivity contribution >= 4 is 27.0 Å². The Bertz CT molecular complexity index is 1170. The number of fused-ring (bicyclic) bond motifs is 1. The van der Waals surface area contributed by atoms with Crippen LogP contribution in [-0.4, -0.2) is 29.0 Å². The molecule has 0 fully saturated rings. The summed E-state index contributed by atoms with van der Waals surface area (Å²) in [4.78, 5) is 16.8. The fourth-order valence-electron chi connectivity index (χ4n) is 3.03. The molecule has 29 heavy (non-hydrogen) atoms. The van der Waals surface area contributed by atoms with Crippen molar-refractivity contribution in [3.05, 3.63) is 53.3 Å². The van der Waals surface area contributed by atoms with E-state index in [4.69, 9.17) is 9.88 Å². The van der Waals surface area contributed by atoms with Gasteiger partial charge in [0.2, 0.25) is 10.0 Å². The number of aromatic hydroxyl groups is 1. The number of carbonyl (C=O) groups excluding carboxylic acids is 1. The number of hydrogen-bond acceptors (Lipinski definition) is 6. The SMILES string of the molecule is CCCCn1c(COC(=O)c2ccc(C)cc2O)nc2cc(S(N)(=O)=O)ccc21. The summed E-state index contributed by atoms with van der Waals surface area (Å²) in [5, 5.41) is 15.2. The van der Waals surface area contributed by atoms with Crippen LogP contribution in [0.1, 0.15) is 41.5 Å². The second-order valence-corrected chi connectivity index (χ2v) is 8.39. The van der Waals surface area contributed by atoms with Gasteiger partial charge in [-0.25, -0.2) is 23.3 Å². The number of carbonyl (C=O) groups is 1. The maximum atomic E-state index is 12.4. The van der Waals surface area contributed by atoms with Crippen molar-refractivity contribution in [3.8, 4) is 5.75 Å².